The fourth-order valence-corrected chi connectivity index (χ4v) is 7.40. The second-order valence-corrected chi connectivity index (χ2v) is 15.7. The number of likely N-dealkylation sites (tertiary alicyclic amines) is 1. The lowest BCUT2D eigenvalue weighted by atomic mass is 9.83. The lowest BCUT2D eigenvalue weighted by molar-refractivity contribution is -0.144. The van der Waals surface area contributed by atoms with Crippen molar-refractivity contribution in [2.45, 2.75) is 128 Å². The number of rotatable bonds is 12. The summed E-state index contributed by atoms with van der Waals surface area (Å²) in [7, 11) is -3.87. The molecule has 0 aromatic carbocycles. The fraction of sp³-hybridized carbons (Fsp3) is 0.828. The number of primary sulfonamides is 1. The molecule has 4 aliphatic rings. The van der Waals surface area contributed by atoms with Gasteiger partial charge in [-0.05, 0) is 56.3 Å². The van der Waals surface area contributed by atoms with Crippen molar-refractivity contribution < 1.29 is 32.4 Å². The number of hydrogen-bond donors (Lipinski definition) is 5. The number of Topliss-reactive ketones (excluding diaryl/α,β-unsaturated/α-hetero) is 1. The highest BCUT2D eigenvalue weighted by atomic mass is 32.2. The Morgan fingerprint density at radius 3 is 2.14 bits per heavy atom. The molecular formula is C29H48N6O7S. The molecule has 14 heteroatoms. The number of nitrogens with zero attached hydrogens (tertiary/aromatic N) is 1. The Morgan fingerprint density at radius 2 is 1.58 bits per heavy atom. The van der Waals surface area contributed by atoms with E-state index in [1.54, 1.807) is 20.8 Å². The number of carbonyl (C=O) groups excluding carboxylic acids is 5. The Kier molecular flexibility index (Phi) is 10.1. The molecule has 1 heterocycles. The molecule has 3 atom stereocenters. The smallest absolute Gasteiger partial charge is 0.315 e. The van der Waals surface area contributed by atoms with Crippen molar-refractivity contribution in [2.24, 2.45) is 16.5 Å². The molecule has 1 saturated heterocycles. The summed E-state index contributed by atoms with van der Waals surface area (Å²) in [5.41, 5.74) is -1.77. The van der Waals surface area contributed by atoms with E-state index in [9.17, 15) is 32.4 Å². The summed E-state index contributed by atoms with van der Waals surface area (Å²) >= 11 is 0. The molecule has 0 spiro atoms. The Hall–Kier alpha value is -2.74. The molecular weight excluding hydrogens is 576 g/mol. The zero-order valence-corrected chi connectivity index (χ0v) is 26.4. The normalized spacial score (nSPS) is 23.5. The van der Waals surface area contributed by atoms with E-state index in [0.717, 1.165) is 44.9 Å². The number of carbonyl (C=O) groups is 5. The Bertz CT molecular complexity index is 1200. The molecule has 43 heavy (non-hydrogen) atoms. The summed E-state index contributed by atoms with van der Waals surface area (Å²) in [5.74, 6) is -2.40. The van der Waals surface area contributed by atoms with E-state index in [1.165, 1.54) is 4.90 Å². The molecule has 4 rings (SSSR count). The number of sulfonamides is 1. The van der Waals surface area contributed by atoms with Gasteiger partial charge in [-0.3, -0.25) is 19.2 Å². The molecule has 0 bridgehead atoms. The van der Waals surface area contributed by atoms with Crippen LogP contribution in [0.25, 0.3) is 0 Å². The van der Waals surface area contributed by atoms with E-state index in [4.69, 9.17) is 5.14 Å². The van der Waals surface area contributed by atoms with Gasteiger partial charge in [0.15, 0.2) is 0 Å². The number of nitrogens with one attached hydrogen (secondary N) is 4. The second-order valence-electron chi connectivity index (χ2n) is 14.1. The first-order chi connectivity index (χ1) is 20.1. The number of amides is 5. The third-order valence-electron chi connectivity index (χ3n) is 8.93. The van der Waals surface area contributed by atoms with Crippen molar-refractivity contribution >= 4 is 39.6 Å². The highest BCUT2D eigenvalue weighted by molar-refractivity contribution is 7.89. The van der Waals surface area contributed by atoms with Gasteiger partial charge < -0.3 is 26.2 Å². The topological polar surface area (TPSA) is 197 Å². The minimum Gasteiger partial charge on any atom is -0.347 e. The van der Waals surface area contributed by atoms with Gasteiger partial charge in [-0.25, -0.2) is 18.4 Å². The summed E-state index contributed by atoms with van der Waals surface area (Å²) in [6.45, 7) is 5.69. The average Bonchev–Trinajstić information content (AvgIpc) is 3.83. The SMILES string of the molecule is CC(C)(C)[C@H](NC(=O)NC1(CS(N)(=O)=O)CCCCC1)C(=O)N1CCC[C@H]1C(=O)N[C@@H](CC1CC1)C(=O)C(=O)NC1CC1. The van der Waals surface area contributed by atoms with E-state index in [0.29, 0.717) is 38.6 Å². The first kappa shape index (κ1) is 33.2. The van der Waals surface area contributed by atoms with Gasteiger partial charge in [0.25, 0.3) is 5.91 Å². The van der Waals surface area contributed by atoms with Gasteiger partial charge in [-0.15, -0.1) is 0 Å². The zero-order chi connectivity index (χ0) is 31.6. The predicted octanol–water partition coefficient (Wildman–Crippen LogP) is 0.815. The number of ketones is 1. The fourth-order valence-electron chi connectivity index (χ4n) is 6.27. The third kappa shape index (κ3) is 9.37. The minimum atomic E-state index is -3.87. The first-order valence-electron chi connectivity index (χ1n) is 15.6. The Morgan fingerprint density at radius 1 is 0.930 bits per heavy atom. The van der Waals surface area contributed by atoms with Crippen molar-refractivity contribution in [3.8, 4) is 0 Å². The van der Waals surface area contributed by atoms with E-state index in [-0.39, 0.29) is 12.0 Å². The van der Waals surface area contributed by atoms with Gasteiger partial charge in [0.2, 0.25) is 27.6 Å². The highest BCUT2D eigenvalue weighted by Gasteiger charge is 2.45. The van der Waals surface area contributed by atoms with Crippen molar-refractivity contribution in [2.75, 3.05) is 12.3 Å². The van der Waals surface area contributed by atoms with Crippen LogP contribution in [0.3, 0.4) is 0 Å². The quantitative estimate of drug-likeness (QED) is 0.198. The predicted molar refractivity (Wildman–Crippen MR) is 159 cm³/mol. The highest BCUT2D eigenvalue weighted by Crippen LogP contribution is 2.34. The molecule has 0 aromatic rings. The van der Waals surface area contributed by atoms with E-state index >= 15 is 0 Å². The number of urea groups is 1. The molecule has 0 radical (unpaired) electrons. The molecule has 4 fully saturated rings. The number of hydrogen-bond acceptors (Lipinski definition) is 7. The molecule has 242 valence electrons. The van der Waals surface area contributed by atoms with E-state index in [1.807, 2.05) is 0 Å². The van der Waals surface area contributed by atoms with Crippen LogP contribution in [0.15, 0.2) is 0 Å². The van der Waals surface area contributed by atoms with Gasteiger partial charge in [-0.1, -0.05) is 52.9 Å². The van der Waals surface area contributed by atoms with Gasteiger partial charge in [0, 0.05) is 12.6 Å². The standard InChI is InChI=1S/C29H48N6O7S/c1-28(2,3)23(33-27(40)34-29(17-43(30,41)42)13-5-4-6-14-29)26(39)35-15-7-8-21(35)24(37)32-20(16-18-9-10-18)22(36)25(38)31-19-11-12-19/h18-21,23H,4-17H2,1-3H3,(H,31,38)(H,32,37)(H2,30,41,42)(H2,33,34,40)/t20-,21-,23+/m0/s1. The van der Waals surface area contributed by atoms with Crippen LogP contribution in [0.4, 0.5) is 4.79 Å². The Labute approximate surface area is 254 Å². The number of nitrogens with two attached hydrogens (primary N) is 1. The van der Waals surface area contributed by atoms with Crippen molar-refractivity contribution in [1.82, 2.24) is 26.2 Å². The zero-order valence-electron chi connectivity index (χ0n) is 25.6. The molecule has 6 N–H and O–H groups in total. The molecule has 3 saturated carbocycles. The van der Waals surface area contributed by atoms with Crippen molar-refractivity contribution in [3.63, 3.8) is 0 Å². The van der Waals surface area contributed by atoms with Crippen LogP contribution in [0.2, 0.25) is 0 Å². The van der Waals surface area contributed by atoms with Crippen LogP contribution >= 0.6 is 0 Å². The molecule has 0 unspecified atom stereocenters. The summed E-state index contributed by atoms with van der Waals surface area (Å²) in [5, 5.41) is 16.4. The second kappa shape index (κ2) is 13.1. The summed E-state index contributed by atoms with van der Waals surface area (Å²) in [6, 6.07) is -3.48. The Balaban J connectivity index is 1.44. The minimum absolute atomic E-state index is 0.0170. The summed E-state index contributed by atoms with van der Waals surface area (Å²) < 4.78 is 24.0. The maximum absolute atomic E-state index is 13.9. The maximum Gasteiger partial charge on any atom is 0.315 e. The molecule has 0 aromatic heterocycles. The van der Waals surface area contributed by atoms with Crippen LogP contribution in [-0.2, 0) is 29.2 Å². The van der Waals surface area contributed by atoms with Gasteiger partial charge in [0.05, 0.1) is 17.3 Å². The molecule has 3 aliphatic carbocycles. The van der Waals surface area contributed by atoms with Crippen LogP contribution in [0.1, 0.15) is 97.8 Å². The van der Waals surface area contributed by atoms with E-state index < -0.39 is 74.4 Å². The van der Waals surface area contributed by atoms with Crippen molar-refractivity contribution in [3.05, 3.63) is 0 Å². The van der Waals surface area contributed by atoms with Crippen LogP contribution < -0.4 is 26.4 Å². The summed E-state index contributed by atoms with van der Waals surface area (Å²) in [4.78, 5) is 67.6. The van der Waals surface area contributed by atoms with Gasteiger partial charge in [0.1, 0.15) is 12.1 Å². The molecule has 13 nitrogen and oxygen atoms in total. The summed E-state index contributed by atoms with van der Waals surface area (Å²) in [6.07, 6.45) is 8.23. The van der Waals surface area contributed by atoms with Crippen LogP contribution in [-0.4, -0.2) is 84.9 Å². The monoisotopic (exact) mass is 624 g/mol. The lowest BCUT2D eigenvalue weighted by Gasteiger charge is -2.39. The van der Waals surface area contributed by atoms with Gasteiger partial charge in [-0.2, -0.15) is 0 Å². The van der Waals surface area contributed by atoms with Crippen LogP contribution in [0, 0.1) is 11.3 Å². The maximum atomic E-state index is 13.9. The average molecular weight is 625 g/mol. The van der Waals surface area contributed by atoms with Gasteiger partial charge >= 0.3 is 6.03 Å². The van der Waals surface area contributed by atoms with E-state index in [2.05, 4.69) is 21.3 Å². The first-order valence-corrected chi connectivity index (χ1v) is 17.3. The molecule has 5 amide bonds. The third-order valence-corrected chi connectivity index (χ3v) is 9.88. The largest absolute Gasteiger partial charge is 0.347 e. The van der Waals surface area contributed by atoms with Crippen molar-refractivity contribution in [1.29, 1.82) is 0 Å². The lowest BCUT2D eigenvalue weighted by Crippen LogP contribution is -2.63. The molecule has 1 aliphatic heterocycles. The van der Waals surface area contributed by atoms with Crippen LogP contribution in [0.5, 0.6) is 0 Å².